The molecule has 0 radical (unpaired) electrons. The van der Waals surface area contributed by atoms with Crippen LogP contribution < -0.4 is 16.8 Å². The fourth-order valence-electron chi connectivity index (χ4n) is 3.41. The summed E-state index contributed by atoms with van der Waals surface area (Å²) in [5.41, 5.74) is 14.1. The van der Waals surface area contributed by atoms with Crippen LogP contribution in [0.4, 0.5) is 5.82 Å². The Morgan fingerprint density at radius 3 is 2.55 bits per heavy atom. The Kier molecular flexibility index (Phi) is 6.76. The number of rotatable bonds is 8. The first-order chi connectivity index (χ1) is 14.9. The van der Waals surface area contributed by atoms with Crippen LogP contribution >= 0.6 is 0 Å². The fourth-order valence-corrected chi connectivity index (χ4v) is 3.41. The number of hydrogen-bond donors (Lipinski definition) is 4. The molecule has 0 fully saturated rings. The Hall–Kier alpha value is -3.59. The van der Waals surface area contributed by atoms with E-state index < -0.39 is 11.9 Å². The van der Waals surface area contributed by atoms with Crippen LogP contribution in [0.25, 0.3) is 11.3 Å². The van der Waals surface area contributed by atoms with Gasteiger partial charge in [0, 0.05) is 12.1 Å². The zero-order chi connectivity index (χ0) is 22.5. The lowest BCUT2D eigenvalue weighted by Gasteiger charge is -2.15. The lowest BCUT2D eigenvalue weighted by Crippen LogP contribution is -2.26. The van der Waals surface area contributed by atoms with Crippen molar-refractivity contribution in [1.82, 2.24) is 15.1 Å². The van der Waals surface area contributed by atoms with Crippen molar-refractivity contribution < 1.29 is 19.4 Å². The fraction of sp³-hybridized carbons (Fsp3) is 0.318. The summed E-state index contributed by atoms with van der Waals surface area (Å²) in [6, 6.07) is 6.82. The summed E-state index contributed by atoms with van der Waals surface area (Å²) in [5.74, 6) is -0.188. The molecule has 1 unspecified atom stereocenters. The number of amides is 2. The highest BCUT2D eigenvalue weighted by atomic mass is 16.5. The van der Waals surface area contributed by atoms with E-state index in [1.54, 1.807) is 26.2 Å². The van der Waals surface area contributed by atoms with Crippen molar-refractivity contribution in [2.45, 2.75) is 32.4 Å². The number of carbonyl (C=O) groups is 2. The van der Waals surface area contributed by atoms with Gasteiger partial charge in [0.15, 0.2) is 0 Å². The molecule has 0 spiro atoms. The zero-order valence-electron chi connectivity index (χ0n) is 17.6. The molecule has 9 nitrogen and oxygen atoms in total. The Labute approximate surface area is 180 Å². The number of nitrogens with two attached hydrogens (primary N) is 2. The van der Waals surface area contributed by atoms with Gasteiger partial charge in [-0.3, -0.25) is 9.59 Å². The molecule has 31 heavy (non-hydrogen) atoms. The second-order valence-corrected chi connectivity index (χ2v) is 7.30. The topological polar surface area (TPSA) is 145 Å². The molecule has 1 aliphatic carbocycles. The third-order valence-electron chi connectivity index (χ3n) is 5.13. The predicted octanol–water partition coefficient (Wildman–Crippen LogP) is 1.65. The molecule has 0 saturated heterocycles. The quantitative estimate of drug-likeness (QED) is 0.506. The van der Waals surface area contributed by atoms with Gasteiger partial charge in [0.05, 0.1) is 25.3 Å². The number of nitrogens with one attached hydrogen (secondary N) is 1. The van der Waals surface area contributed by atoms with Gasteiger partial charge in [-0.05, 0) is 31.4 Å². The van der Waals surface area contributed by atoms with E-state index in [0.717, 1.165) is 18.4 Å². The maximum atomic E-state index is 12.5. The lowest BCUT2D eigenvalue weighted by molar-refractivity contribution is -0.117. The number of carbonyl (C=O) groups excluding carboxylic acids is 2. The molecule has 2 amide bonds. The second-order valence-electron chi connectivity index (χ2n) is 7.30. The van der Waals surface area contributed by atoms with Crippen molar-refractivity contribution in [2.24, 2.45) is 5.73 Å². The Bertz CT molecular complexity index is 1040. The van der Waals surface area contributed by atoms with E-state index in [-0.39, 0.29) is 23.9 Å². The maximum Gasteiger partial charge on any atom is 0.254 e. The summed E-state index contributed by atoms with van der Waals surface area (Å²) in [6.45, 7) is 1.88. The average Bonchev–Trinajstić information content (AvgIpc) is 3.14. The van der Waals surface area contributed by atoms with E-state index in [1.165, 1.54) is 4.68 Å². The average molecular weight is 425 g/mol. The normalized spacial score (nSPS) is 14.4. The number of anilines is 1. The SMILES string of the molecule is COC1=CCCC=C1C(=O)NCc1ccc(-c2nn(C(C)CO)c(N)c2C(N)=O)cc1. The molecule has 9 heteroatoms. The standard InChI is InChI=1S/C22H27N5O4/c1-13(12-28)27-20(23)18(21(24)29)19(26-27)15-9-7-14(8-10-15)11-25-22(30)16-5-3-4-6-17(16)31-2/h5-10,13,28H,3-4,11-12,23H2,1-2H3,(H2,24,29)(H,25,30). The number of allylic oxidation sites excluding steroid dienone is 2. The van der Waals surface area contributed by atoms with Gasteiger partial charge in [-0.2, -0.15) is 5.10 Å². The molecule has 3 rings (SSSR count). The molecule has 0 saturated carbocycles. The number of aromatic nitrogens is 2. The van der Waals surface area contributed by atoms with Crippen LogP contribution in [0.1, 0.15) is 41.7 Å². The van der Waals surface area contributed by atoms with Crippen molar-refractivity contribution >= 4 is 17.6 Å². The van der Waals surface area contributed by atoms with Gasteiger partial charge in [-0.1, -0.05) is 30.3 Å². The highest BCUT2D eigenvalue weighted by molar-refractivity contribution is 6.03. The summed E-state index contributed by atoms with van der Waals surface area (Å²) >= 11 is 0. The third-order valence-corrected chi connectivity index (χ3v) is 5.13. The number of hydrogen-bond acceptors (Lipinski definition) is 6. The van der Waals surface area contributed by atoms with Crippen molar-refractivity contribution in [3.05, 3.63) is 58.9 Å². The smallest absolute Gasteiger partial charge is 0.254 e. The van der Waals surface area contributed by atoms with E-state index in [1.807, 2.05) is 24.3 Å². The number of nitrogen functional groups attached to an aromatic ring is 1. The van der Waals surface area contributed by atoms with Crippen LogP contribution in [-0.2, 0) is 16.1 Å². The molecule has 1 aliphatic rings. The van der Waals surface area contributed by atoms with E-state index >= 15 is 0 Å². The molecule has 0 bridgehead atoms. The highest BCUT2D eigenvalue weighted by Gasteiger charge is 2.23. The molecule has 1 heterocycles. The molecule has 164 valence electrons. The van der Waals surface area contributed by atoms with Crippen molar-refractivity contribution in [3.8, 4) is 11.3 Å². The van der Waals surface area contributed by atoms with Gasteiger partial charge in [-0.15, -0.1) is 0 Å². The van der Waals surface area contributed by atoms with E-state index in [9.17, 15) is 14.7 Å². The van der Waals surface area contributed by atoms with Gasteiger partial charge < -0.3 is 26.6 Å². The predicted molar refractivity (Wildman–Crippen MR) is 117 cm³/mol. The largest absolute Gasteiger partial charge is 0.496 e. The van der Waals surface area contributed by atoms with Crippen molar-refractivity contribution in [3.63, 3.8) is 0 Å². The van der Waals surface area contributed by atoms with Crippen LogP contribution in [0, 0.1) is 0 Å². The first-order valence-corrected chi connectivity index (χ1v) is 9.98. The molecular formula is C22H27N5O4. The van der Waals surface area contributed by atoms with Gasteiger partial charge in [-0.25, -0.2) is 4.68 Å². The first-order valence-electron chi connectivity index (χ1n) is 9.98. The summed E-state index contributed by atoms with van der Waals surface area (Å²) in [4.78, 5) is 24.4. The number of benzene rings is 1. The van der Waals surface area contributed by atoms with Crippen LogP contribution in [0.2, 0.25) is 0 Å². The van der Waals surface area contributed by atoms with Crippen LogP contribution in [0.15, 0.2) is 47.7 Å². The van der Waals surface area contributed by atoms with Crippen LogP contribution in [-0.4, -0.2) is 40.4 Å². The number of methoxy groups -OCH3 is 1. The Balaban J connectivity index is 1.76. The number of primary amides is 1. The minimum Gasteiger partial charge on any atom is -0.496 e. The second kappa shape index (κ2) is 9.48. The first kappa shape index (κ1) is 22.1. The number of aliphatic hydroxyl groups is 1. The summed E-state index contributed by atoms with van der Waals surface area (Å²) in [5, 5.41) is 16.7. The van der Waals surface area contributed by atoms with Crippen molar-refractivity contribution in [1.29, 1.82) is 0 Å². The number of aliphatic hydroxyl groups excluding tert-OH is 1. The van der Waals surface area contributed by atoms with Crippen molar-refractivity contribution in [2.75, 3.05) is 19.5 Å². The molecular weight excluding hydrogens is 398 g/mol. The molecule has 1 aromatic carbocycles. The van der Waals surface area contributed by atoms with E-state index in [2.05, 4.69) is 10.4 Å². The van der Waals surface area contributed by atoms with E-state index in [0.29, 0.717) is 29.1 Å². The molecule has 1 atom stereocenters. The van der Waals surface area contributed by atoms with Crippen LogP contribution in [0.5, 0.6) is 0 Å². The Morgan fingerprint density at radius 1 is 1.26 bits per heavy atom. The van der Waals surface area contributed by atoms with Crippen LogP contribution in [0.3, 0.4) is 0 Å². The maximum absolute atomic E-state index is 12.5. The summed E-state index contributed by atoms with van der Waals surface area (Å²) in [6.07, 6.45) is 5.43. The monoisotopic (exact) mass is 425 g/mol. The third kappa shape index (κ3) is 4.61. The van der Waals surface area contributed by atoms with E-state index in [4.69, 9.17) is 16.2 Å². The lowest BCUT2D eigenvalue weighted by atomic mass is 10.0. The van der Waals surface area contributed by atoms with Gasteiger partial charge >= 0.3 is 0 Å². The van der Waals surface area contributed by atoms with Gasteiger partial charge in [0.1, 0.15) is 22.8 Å². The molecule has 2 aromatic rings. The number of nitrogens with zero attached hydrogens (tertiary/aromatic N) is 2. The zero-order valence-corrected chi connectivity index (χ0v) is 17.6. The highest BCUT2D eigenvalue weighted by Crippen LogP contribution is 2.29. The Morgan fingerprint density at radius 2 is 1.94 bits per heavy atom. The molecule has 0 aliphatic heterocycles. The number of ether oxygens (including phenoxy) is 1. The molecule has 1 aromatic heterocycles. The van der Waals surface area contributed by atoms with Gasteiger partial charge in [0.25, 0.3) is 11.8 Å². The summed E-state index contributed by atoms with van der Waals surface area (Å²) < 4.78 is 6.66. The minimum absolute atomic E-state index is 0.114. The van der Waals surface area contributed by atoms with Gasteiger partial charge in [0.2, 0.25) is 0 Å². The minimum atomic E-state index is -0.692. The summed E-state index contributed by atoms with van der Waals surface area (Å²) in [7, 11) is 1.55. The molecule has 6 N–H and O–H groups in total.